The van der Waals surface area contributed by atoms with Crippen LogP contribution in [0.5, 0.6) is 5.75 Å². The highest BCUT2D eigenvalue weighted by Gasteiger charge is 2.24. The van der Waals surface area contributed by atoms with Crippen molar-refractivity contribution in [1.29, 1.82) is 0 Å². The molecule has 1 N–H and O–H groups in total. The van der Waals surface area contributed by atoms with E-state index in [4.69, 9.17) is 4.74 Å². The van der Waals surface area contributed by atoms with Gasteiger partial charge in [-0.05, 0) is 25.0 Å². The van der Waals surface area contributed by atoms with Crippen molar-refractivity contribution in [3.8, 4) is 5.75 Å². The van der Waals surface area contributed by atoms with Gasteiger partial charge in [-0.3, -0.25) is 4.79 Å². The van der Waals surface area contributed by atoms with Gasteiger partial charge in [-0.15, -0.1) is 0 Å². The molecule has 0 spiro atoms. The second kappa shape index (κ2) is 5.77. The molecular weight excluding hydrogens is 244 g/mol. The van der Waals surface area contributed by atoms with Gasteiger partial charge in [-0.1, -0.05) is 12.1 Å². The van der Waals surface area contributed by atoms with Gasteiger partial charge < -0.3 is 14.8 Å². The van der Waals surface area contributed by atoms with Crippen molar-refractivity contribution in [1.82, 2.24) is 0 Å². The Hall–Kier alpha value is -1.69. The normalized spacial score (nSPS) is 18.9. The summed E-state index contributed by atoms with van der Waals surface area (Å²) < 4.78 is 33.9. The topological polar surface area (TPSA) is 47.6 Å². The van der Waals surface area contributed by atoms with Gasteiger partial charge in [-0.25, -0.2) is 0 Å². The van der Waals surface area contributed by atoms with E-state index in [0.717, 1.165) is 6.42 Å². The predicted molar refractivity (Wildman–Crippen MR) is 60.7 cm³/mol. The molecule has 1 fully saturated rings. The molecule has 1 atom stereocenters. The van der Waals surface area contributed by atoms with Crippen LogP contribution in [-0.4, -0.2) is 25.2 Å². The van der Waals surface area contributed by atoms with Crippen molar-refractivity contribution in [3.63, 3.8) is 0 Å². The van der Waals surface area contributed by atoms with Crippen LogP contribution in [0.25, 0.3) is 0 Å². The summed E-state index contributed by atoms with van der Waals surface area (Å²) in [5.74, 6) is -0.392. The van der Waals surface area contributed by atoms with Crippen molar-refractivity contribution >= 4 is 11.6 Å². The highest BCUT2D eigenvalue weighted by atomic mass is 19.3. The van der Waals surface area contributed by atoms with Gasteiger partial charge in [0.2, 0.25) is 0 Å². The number of halogens is 2. The number of nitrogens with one attached hydrogen (secondary N) is 1. The zero-order valence-electron chi connectivity index (χ0n) is 9.57. The highest BCUT2D eigenvalue weighted by molar-refractivity contribution is 5.95. The number of ether oxygens (including phenoxy) is 2. The fraction of sp³-hybridized carbons (Fsp3) is 0.417. The number of rotatable bonds is 4. The molecule has 4 nitrogen and oxygen atoms in total. The SMILES string of the molecule is O=C(Nc1ccccc1OC(F)F)C1CCCO1. The Balaban J connectivity index is 2.05. The third-order valence-corrected chi connectivity index (χ3v) is 2.58. The first-order valence-electron chi connectivity index (χ1n) is 5.63. The maximum absolute atomic E-state index is 12.2. The van der Waals surface area contributed by atoms with Crippen LogP contribution in [0.1, 0.15) is 12.8 Å². The molecule has 1 aliphatic rings. The van der Waals surface area contributed by atoms with Crippen LogP contribution >= 0.6 is 0 Å². The molecule has 2 rings (SSSR count). The standard InChI is InChI=1S/C12H13F2NO3/c13-12(14)18-9-5-2-1-4-8(9)15-11(16)10-6-3-7-17-10/h1-2,4-5,10,12H,3,6-7H2,(H,15,16). The second-order valence-electron chi connectivity index (χ2n) is 3.87. The maximum Gasteiger partial charge on any atom is 0.387 e. The van der Waals surface area contributed by atoms with Crippen molar-refractivity contribution in [2.24, 2.45) is 0 Å². The van der Waals surface area contributed by atoms with Gasteiger partial charge >= 0.3 is 6.61 Å². The van der Waals surface area contributed by atoms with Gasteiger partial charge in [-0.2, -0.15) is 8.78 Å². The number of hydrogen-bond donors (Lipinski definition) is 1. The summed E-state index contributed by atoms with van der Waals surface area (Å²) in [6.45, 7) is -2.38. The monoisotopic (exact) mass is 257 g/mol. The summed E-state index contributed by atoms with van der Waals surface area (Å²) in [5.41, 5.74) is 0.221. The largest absolute Gasteiger partial charge is 0.433 e. The molecule has 0 saturated carbocycles. The molecular formula is C12H13F2NO3. The van der Waals surface area contributed by atoms with Crippen LogP contribution < -0.4 is 10.1 Å². The zero-order chi connectivity index (χ0) is 13.0. The summed E-state index contributed by atoms with van der Waals surface area (Å²) >= 11 is 0. The van der Waals surface area contributed by atoms with E-state index < -0.39 is 12.7 Å². The number of hydrogen-bond acceptors (Lipinski definition) is 3. The minimum atomic E-state index is -2.93. The van der Waals surface area contributed by atoms with Crippen LogP contribution in [0.2, 0.25) is 0 Å². The van der Waals surface area contributed by atoms with E-state index in [9.17, 15) is 13.6 Å². The molecule has 1 aromatic carbocycles. The van der Waals surface area contributed by atoms with Gasteiger partial charge in [0, 0.05) is 6.61 Å². The lowest BCUT2D eigenvalue weighted by atomic mass is 10.2. The van der Waals surface area contributed by atoms with Crippen LogP contribution in [-0.2, 0) is 9.53 Å². The molecule has 98 valence electrons. The molecule has 0 aliphatic carbocycles. The van der Waals surface area contributed by atoms with Crippen molar-refractivity contribution < 1.29 is 23.0 Å². The minimum absolute atomic E-state index is 0.0566. The van der Waals surface area contributed by atoms with Crippen molar-refractivity contribution in [3.05, 3.63) is 24.3 Å². The van der Waals surface area contributed by atoms with Crippen LogP contribution in [0.3, 0.4) is 0 Å². The average Bonchev–Trinajstić information content (AvgIpc) is 2.84. The molecule has 1 amide bonds. The zero-order valence-corrected chi connectivity index (χ0v) is 9.57. The highest BCUT2D eigenvalue weighted by Crippen LogP contribution is 2.26. The molecule has 1 aromatic rings. The minimum Gasteiger partial charge on any atom is -0.433 e. The Morgan fingerprint density at radius 1 is 1.44 bits per heavy atom. The Bertz CT molecular complexity index is 420. The quantitative estimate of drug-likeness (QED) is 0.901. The summed E-state index contributed by atoms with van der Waals surface area (Å²) in [4.78, 5) is 11.8. The van der Waals surface area contributed by atoms with Crippen LogP contribution in [0, 0.1) is 0 Å². The van der Waals surface area contributed by atoms with Gasteiger partial charge in [0.1, 0.15) is 11.9 Å². The first kappa shape index (κ1) is 12.8. The van der Waals surface area contributed by atoms with E-state index >= 15 is 0 Å². The number of alkyl halides is 2. The summed E-state index contributed by atoms with van der Waals surface area (Å²) in [6.07, 6.45) is 0.960. The van der Waals surface area contributed by atoms with Crippen molar-refractivity contribution in [2.75, 3.05) is 11.9 Å². The maximum atomic E-state index is 12.2. The lowest BCUT2D eigenvalue weighted by Crippen LogP contribution is -2.27. The summed E-state index contributed by atoms with van der Waals surface area (Å²) in [5, 5.41) is 2.54. The molecule has 1 unspecified atom stereocenters. The number of carbonyl (C=O) groups is 1. The smallest absolute Gasteiger partial charge is 0.387 e. The van der Waals surface area contributed by atoms with Crippen LogP contribution in [0.4, 0.5) is 14.5 Å². The fourth-order valence-corrected chi connectivity index (χ4v) is 1.77. The van der Waals surface area contributed by atoms with Gasteiger partial charge in [0.05, 0.1) is 5.69 Å². The number of carbonyl (C=O) groups excluding carboxylic acids is 1. The fourth-order valence-electron chi connectivity index (χ4n) is 1.77. The number of para-hydroxylation sites is 2. The van der Waals surface area contributed by atoms with E-state index in [1.165, 1.54) is 12.1 Å². The lowest BCUT2D eigenvalue weighted by molar-refractivity contribution is -0.124. The Morgan fingerprint density at radius 2 is 2.22 bits per heavy atom. The first-order chi connectivity index (χ1) is 8.66. The lowest BCUT2D eigenvalue weighted by Gasteiger charge is -2.14. The van der Waals surface area contributed by atoms with Gasteiger partial charge in [0.15, 0.2) is 0 Å². The average molecular weight is 257 g/mol. The molecule has 1 saturated heterocycles. The van der Waals surface area contributed by atoms with E-state index in [1.54, 1.807) is 12.1 Å². The Labute approximate surface area is 103 Å². The summed E-state index contributed by atoms with van der Waals surface area (Å²) in [6, 6.07) is 6.06. The van der Waals surface area contributed by atoms with Crippen LogP contribution in [0.15, 0.2) is 24.3 Å². The molecule has 1 aliphatic heterocycles. The second-order valence-corrected chi connectivity index (χ2v) is 3.87. The van der Waals surface area contributed by atoms with E-state index in [1.807, 2.05) is 0 Å². The molecule has 18 heavy (non-hydrogen) atoms. The Kier molecular flexibility index (Phi) is 4.09. The molecule has 0 bridgehead atoms. The van der Waals surface area contributed by atoms with Gasteiger partial charge in [0.25, 0.3) is 5.91 Å². The van der Waals surface area contributed by atoms with E-state index in [2.05, 4.69) is 10.1 Å². The number of amides is 1. The first-order valence-corrected chi connectivity index (χ1v) is 5.63. The molecule has 0 aromatic heterocycles. The molecule has 6 heteroatoms. The number of benzene rings is 1. The van der Waals surface area contributed by atoms with Crippen molar-refractivity contribution in [2.45, 2.75) is 25.6 Å². The number of anilines is 1. The van der Waals surface area contributed by atoms with E-state index in [0.29, 0.717) is 13.0 Å². The third-order valence-electron chi connectivity index (χ3n) is 2.58. The molecule has 0 radical (unpaired) electrons. The molecule has 1 heterocycles. The third kappa shape index (κ3) is 3.16. The predicted octanol–water partition coefficient (Wildman–Crippen LogP) is 2.41. The summed E-state index contributed by atoms with van der Waals surface area (Å²) in [7, 11) is 0. The Morgan fingerprint density at radius 3 is 2.89 bits per heavy atom. The van der Waals surface area contributed by atoms with E-state index in [-0.39, 0.29) is 17.3 Å².